The molecule has 2 aromatic rings. The average molecular weight is 301 g/mol. The SMILES string of the molecule is CC(C)(CO)NC(=O)c1ccc(=O)n(Cc2ccccc2)n1. The first kappa shape index (κ1) is 15.9. The van der Waals surface area contributed by atoms with Crippen LogP contribution < -0.4 is 10.9 Å². The largest absolute Gasteiger partial charge is 0.394 e. The van der Waals surface area contributed by atoms with Crippen LogP contribution in [0.2, 0.25) is 0 Å². The summed E-state index contributed by atoms with van der Waals surface area (Å²) in [7, 11) is 0. The van der Waals surface area contributed by atoms with Crippen molar-refractivity contribution in [3.8, 4) is 0 Å². The van der Waals surface area contributed by atoms with E-state index in [0.717, 1.165) is 5.56 Å². The van der Waals surface area contributed by atoms with Gasteiger partial charge in [0.1, 0.15) is 5.69 Å². The maximum atomic E-state index is 12.1. The molecular weight excluding hydrogens is 282 g/mol. The molecular formula is C16H19N3O3. The molecule has 0 bridgehead atoms. The molecule has 0 saturated heterocycles. The Labute approximate surface area is 128 Å². The third-order valence-corrected chi connectivity index (χ3v) is 3.12. The van der Waals surface area contributed by atoms with Crippen LogP contribution in [-0.2, 0) is 6.54 Å². The zero-order chi connectivity index (χ0) is 16.2. The number of aliphatic hydroxyl groups excluding tert-OH is 1. The second-order valence-corrected chi connectivity index (χ2v) is 5.70. The summed E-state index contributed by atoms with van der Waals surface area (Å²) in [5.74, 6) is -0.430. The molecule has 0 radical (unpaired) electrons. The highest BCUT2D eigenvalue weighted by molar-refractivity contribution is 5.92. The molecule has 2 N–H and O–H groups in total. The number of carbonyl (C=O) groups is 1. The normalized spacial score (nSPS) is 11.2. The standard InChI is InChI=1S/C16H19N3O3/c1-16(2,11-20)17-15(22)13-8-9-14(21)19(18-13)10-12-6-4-3-5-7-12/h3-9,20H,10-11H2,1-2H3,(H,17,22). The van der Waals surface area contributed by atoms with Crippen molar-refractivity contribution in [1.82, 2.24) is 15.1 Å². The molecule has 0 spiro atoms. The minimum atomic E-state index is -0.751. The molecule has 116 valence electrons. The number of nitrogens with one attached hydrogen (secondary N) is 1. The number of nitrogens with zero attached hydrogens (tertiary/aromatic N) is 2. The summed E-state index contributed by atoms with van der Waals surface area (Å²) in [6.45, 7) is 3.50. The summed E-state index contributed by atoms with van der Waals surface area (Å²) in [4.78, 5) is 24.0. The van der Waals surface area contributed by atoms with Crippen LogP contribution in [0.1, 0.15) is 29.9 Å². The highest BCUT2D eigenvalue weighted by Crippen LogP contribution is 2.03. The van der Waals surface area contributed by atoms with Crippen LogP contribution in [0.4, 0.5) is 0 Å². The Morgan fingerprint density at radius 1 is 1.23 bits per heavy atom. The third kappa shape index (κ3) is 4.02. The molecule has 6 heteroatoms. The number of hydrogen-bond donors (Lipinski definition) is 2. The fraction of sp³-hybridized carbons (Fsp3) is 0.312. The van der Waals surface area contributed by atoms with E-state index in [1.165, 1.54) is 16.8 Å². The number of aliphatic hydroxyl groups is 1. The average Bonchev–Trinajstić information content (AvgIpc) is 2.50. The molecule has 1 amide bonds. The van der Waals surface area contributed by atoms with E-state index in [9.17, 15) is 14.7 Å². The summed E-state index contributed by atoms with van der Waals surface area (Å²) in [6.07, 6.45) is 0. The highest BCUT2D eigenvalue weighted by atomic mass is 16.3. The van der Waals surface area contributed by atoms with Gasteiger partial charge in [0.05, 0.1) is 18.7 Å². The fourth-order valence-corrected chi connectivity index (χ4v) is 1.85. The maximum absolute atomic E-state index is 12.1. The molecule has 1 aromatic carbocycles. The number of amides is 1. The summed E-state index contributed by atoms with van der Waals surface area (Å²) >= 11 is 0. The van der Waals surface area contributed by atoms with E-state index < -0.39 is 11.4 Å². The Morgan fingerprint density at radius 3 is 2.55 bits per heavy atom. The smallest absolute Gasteiger partial charge is 0.272 e. The molecule has 0 unspecified atom stereocenters. The van der Waals surface area contributed by atoms with Crippen LogP contribution >= 0.6 is 0 Å². The zero-order valence-corrected chi connectivity index (χ0v) is 12.6. The van der Waals surface area contributed by atoms with Crippen molar-refractivity contribution in [2.24, 2.45) is 0 Å². The number of hydrogen-bond acceptors (Lipinski definition) is 4. The van der Waals surface area contributed by atoms with E-state index in [-0.39, 0.29) is 17.9 Å². The predicted molar refractivity (Wildman–Crippen MR) is 82.7 cm³/mol. The van der Waals surface area contributed by atoms with Gasteiger partial charge in [-0.2, -0.15) is 5.10 Å². The van der Waals surface area contributed by atoms with Gasteiger partial charge in [-0.3, -0.25) is 9.59 Å². The Kier molecular flexibility index (Phi) is 4.72. The van der Waals surface area contributed by atoms with Gasteiger partial charge in [0, 0.05) is 6.07 Å². The molecule has 1 aromatic heterocycles. The lowest BCUT2D eigenvalue weighted by Crippen LogP contribution is -2.46. The Balaban J connectivity index is 2.23. The first-order valence-electron chi connectivity index (χ1n) is 6.97. The molecule has 0 aliphatic rings. The molecule has 2 rings (SSSR count). The molecule has 0 aliphatic carbocycles. The van der Waals surface area contributed by atoms with E-state index >= 15 is 0 Å². The van der Waals surface area contributed by atoms with Crippen molar-refractivity contribution in [1.29, 1.82) is 0 Å². The van der Waals surface area contributed by atoms with Gasteiger partial charge in [0.2, 0.25) is 0 Å². The molecule has 1 heterocycles. The van der Waals surface area contributed by atoms with Gasteiger partial charge >= 0.3 is 0 Å². The van der Waals surface area contributed by atoms with Crippen molar-refractivity contribution in [2.45, 2.75) is 25.9 Å². The lowest BCUT2D eigenvalue weighted by atomic mass is 10.1. The Bertz CT molecular complexity index is 708. The molecule has 6 nitrogen and oxygen atoms in total. The van der Waals surface area contributed by atoms with Crippen LogP contribution in [0.25, 0.3) is 0 Å². The van der Waals surface area contributed by atoms with Crippen molar-refractivity contribution in [3.05, 3.63) is 64.1 Å². The third-order valence-electron chi connectivity index (χ3n) is 3.12. The number of benzene rings is 1. The number of rotatable bonds is 5. The zero-order valence-electron chi connectivity index (χ0n) is 12.6. The molecule has 0 aliphatic heterocycles. The molecule has 22 heavy (non-hydrogen) atoms. The molecule has 0 fully saturated rings. The topological polar surface area (TPSA) is 84.2 Å². The first-order chi connectivity index (χ1) is 10.4. The van der Waals surface area contributed by atoms with Gasteiger partial charge in [0.25, 0.3) is 11.5 Å². The summed E-state index contributed by atoms with van der Waals surface area (Å²) in [5, 5.41) is 16.0. The van der Waals surface area contributed by atoms with E-state index in [0.29, 0.717) is 6.54 Å². The van der Waals surface area contributed by atoms with E-state index in [2.05, 4.69) is 10.4 Å². The summed E-state index contributed by atoms with van der Waals surface area (Å²) < 4.78 is 1.25. The van der Waals surface area contributed by atoms with E-state index in [1.54, 1.807) is 13.8 Å². The van der Waals surface area contributed by atoms with E-state index in [1.807, 2.05) is 30.3 Å². The Hall–Kier alpha value is -2.47. The van der Waals surface area contributed by atoms with Crippen molar-refractivity contribution in [3.63, 3.8) is 0 Å². The van der Waals surface area contributed by atoms with Crippen molar-refractivity contribution < 1.29 is 9.90 Å². The fourth-order valence-electron chi connectivity index (χ4n) is 1.85. The van der Waals surface area contributed by atoms with Crippen LogP contribution in [0.3, 0.4) is 0 Å². The van der Waals surface area contributed by atoms with Gasteiger partial charge in [-0.15, -0.1) is 0 Å². The highest BCUT2D eigenvalue weighted by Gasteiger charge is 2.21. The van der Waals surface area contributed by atoms with E-state index in [4.69, 9.17) is 0 Å². The van der Waals surface area contributed by atoms with Crippen LogP contribution in [0.5, 0.6) is 0 Å². The number of carbonyl (C=O) groups excluding carboxylic acids is 1. The maximum Gasteiger partial charge on any atom is 0.272 e. The first-order valence-corrected chi connectivity index (χ1v) is 6.97. The summed E-state index contributed by atoms with van der Waals surface area (Å²) in [5.41, 5.74) is 0.0309. The second-order valence-electron chi connectivity index (χ2n) is 5.70. The summed E-state index contributed by atoms with van der Waals surface area (Å²) in [6, 6.07) is 12.1. The van der Waals surface area contributed by atoms with Gasteiger partial charge in [-0.05, 0) is 25.5 Å². The number of aromatic nitrogens is 2. The van der Waals surface area contributed by atoms with Crippen LogP contribution in [0, 0.1) is 0 Å². The quantitative estimate of drug-likeness (QED) is 0.855. The molecule has 0 saturated carbocycles. The Morgan fingerprint density at radius 2 is 1.91 bits per heavy atom. The van der Waals surface area contributed by atoms with Gasteiger partial charge < -0.3 is 10.4 Å². The van der Waals surface area contributed by atoms with Crippen molar-refractivity contribution in [2.75, 3.05) is 6.61 Å². The van der Waals surface area contributed by atoms with Crippen LogP contribution in [-0.4, -0.2) is 32.9 Å². The second kappa shape index (κ2) is 6.53. The predicted octanol–water partition coefficient (Wildman–Crippen LogP) is 0.792. The van der Waals surface area contributed by atoms with Crippen molar-refractivity contribution >= 4 is 5.91 Å². The molecule has 0 atom stereocenters. The van der Waals surface area contributed by atoms with Gasteiger partial charge in [-0.25, -0.2) is 4.68 Å². The van der Waals surface area contributed by atoms with Crippen LogP contribution in [0.15, 0.2) is 47.3 Å². The monoisotopic (exact) mass is 301 g/mol. The minimum Gasteiger partial charge on any atom is -0.394 e. The minimum absolute atomic E-state index is 0.136. The lowest BCUT2D eigenvalue weighted by Gasteiger charge is -2.23. The van der Waals surface area contributed by atoms with Gasteiger partial charge in [-0.1, -0.05) is 30.3 Å². The lowest BCUT2D eigenvalue weighted by molar-refractivity contribution is 0.0861. The van der Waals surface area contributed by atoms with Gasteiger partial charge in [0.15, 0.2) is 0 Å².